The second-order valence-electron chi connectivity index (χ2n) is 5.49. The van der Waals surface area contributed by atoms with Crippen molar-refractivity contribution in [1.29, 1.82) is 0 Å². The van der Waals surface area contributed by atoms with Crippen molar-refractivity contribution in [2.45, 2.75) is 36.8 Å². The van der Waals surface area contributed by atoms with Gasteiger partial charge in [0, 0.05) is 19.7 Å². The quantitative estimate of drug-likeness (QED) is 0.856. The van der Waals surface area contributed by atoms with Crippen LogP contribution in [0, 0.1) is 0 Å². The fraction of sp³-hybridized carbons (Fsp3) is 0.500. The SMILES string of the molecule is NS(=O)(=O)c1ccc2c(c1)CN(C(=O)C1CCCO1)CC2. The summed E-state index contributed by atoms with van der Waals surface area (Å²) >= 11 is 0. The van der Waals surface area contributed by atoms with E-state index in [0.717, 1.165) is 30.4 Å². The smallest absolute Gasteiger partial charge is 0.252 e. The second-order valence-corrected chi connectivity index (χ2v) is 7.05. The molecular weight excluding hydrogens is 292 g/mol. The van der Waals surface area contributed by atoms with Gasteiger partial charge in [-0.2, -0.15) is 0 Å². The summed E-state index contributed by atoms with van der Waals surface area (Å²) in [6.45, 7) is 1.69. The lowest BCUT2D eigenvalue weighted by atomic mass is 9.99. The molecule has 2 heterocycles. The Morgan fingerprint density at radius 1 is 1.33 bits per heavy atom. The Balaban J connectivity index is 1.82. The van der Waals surface area contributed by atoms with Crippen LogP contribution in [-0.4, -0.2) is 38.5 Å². The number of fused-ring (bicyclic) bond motifs is 1. The van der Waals surface area contributed by atoms with E-state index < -0.39 is 10.0 Å². The molecule has 2 N–H and O–H groups in total. The number of rotatable bonds is 2. The van der Waals surface area contributed by atoms with Gasteiger partial charge in [0.2, 0.25) is 10.0 Å². The highest BCUT2D eigenvalue weighted by Gasteiger charge is 2.30. The first-order chi connectivity index (χ1) is 9.95. The average Bonchev–Trinajstić information content (AvgIpc) is 2.98. The molecule has 114 valence electrons. The molecule has 0 radical (unpaired) electrons. The minimum atomic E-state index is -3.72. The zero-order chi connectivity index (χ0) is 15.0. The van der Waals surface area contributed by atoms with Gasteiger partial charge in [0.15, 0.2) is 0 Å². The van der Waals surface area contributed by atoms with Crippen molar-refractivity contribution < 1.29 is 17.9 Å². The lowest BCUT2D eigenvalue weighted by Gasteiger charge is -2.30. The third-order valence-electron chi connectivity index (χ3n) is 4.04. The predicted molar refractivity (Wildman–Crippen MR) is 75.9 cm³/mol. The van der Waals surface area contributed by atoms with Crippen LogP contribution in [0.4, 0.5) is 0 Å². The van der Waals surface area contributed by atoms with Crippen molar-refractivity contribution in [3.63, 3.8) is 0 Å². The minimum Gasteiger partial charge on any atom is -0.368 e. The highest BCUT2D eigenvalue weighted by Crippen LogP contribution is 2.24. The van der Waals surface area contributed by atoms with Crippen LogP contribution in [0.5, 0.6) is 0 Å². The number of hydrogen-bond donors (Lipinski definition) is 1. The highest BCUT2D eigenvalue weighted by atomic mass is 32.2. The molecule has 21 heavy (non-hydrogen) atoms. The molecule has 0 bridgehead atoms. The van der Waals surface area contributed by atoms with E-state index in [1.165, 1.54) is 6.07 Å². The molecule has 1 fully saturated rings. The highest BCUT2D eigenvalue weighted by molar-refractivity contribution is 7.89. The number of ether oxygens (including phenoxy) is 1. The van der Waals surface area contributed by atoms with Crippen LogP contribution in [0.2, 0.25) is 0 Å². The van der Waals surface area contributed by atoms with Crippen molar-refractivity contribution in [2.24, 2.45) is 5.14 Å². The maximum atomic E-state index is 12.3. The number of carbonyl (C=O) groups excluding carboxylic acids is 1. The number of sulfonamides is 1. The van der Waals surface area contributed by atoms with Gasteiger partial charge in [-0.15, -0.1) is 0 Å². The monoisotopic (exact) mass is 310 g/mol. The molecule has 2 aliphatic heterocycles. The van der Waals surface area contributed by atoms with Gasteiger partial charge in [0.25, 0.3) is 5.91 Å². The average molecular weight is 310 g/mol. The zero-order valence-electron chi connectivity index (χ0n) is 11.6. The summed E-state index contributed by atoms with van der Waals surface area (Å²) < 4.78 is 28.3. The van der Waals surface area contributed by atoms with Crippen LogP contribution in [0.15, 0.2) is 23.1 Å². The Labute approximate surface area is 123 Å². The Hall–Kier alpha value is -1.44. The first-order valence-electron chi connectivity index (χ1n) is 7.00. The summed E-state index contributed by atoms with van der Waals surface area (Å²) in [5.41, 5.74) is 1.91. The van der Waals surface area contributed by atoms with E-state index in [1.54, 1.807) is 17.0 Å². The third kappa shape index (κ3) is 2.95. The van der Waals surface area contributed by atoms with Crippen LogP contribution >= 0.6 is 0 Å². The lowest BCUT2D eigenvalue weighted by molar-refractivity contribution is -0.141. The molecule has 6 nitrogen and oxygen atoms in total. The molecule has 0 aliphatic carbocycles. The van der Waals surface area contributed by atoms with Crippen molar-refractivity contribution >= 4 is 15.9 Å². The summed E-state index contributed by atoms with van der Waals surface area (Å²) in [4.78, 5) is 14.2. The van der Waals surface area contributed by atoms with E-state index in [2.05, 4.69) is 0 Å². The van der Waals surface area contributed by atoms with E-state index in [0.29, 0.717) is 19.7 Å². The van der Waals surface area contributed by atoms with Crippen LogP contribution < -0.4 is 5.14 Å². The first kappa shape index (κ1) is 14.5. The minimum absolute atomic E-state index is 0.000779. The summed E-state index contributed by atoms with van der Waals surface area (Å²) in [5.74, 6) is -0.000779. The number of primary sulfonamides is 1. The van der Waals surface area contributed by atoms with Crippen LogP contribution in [0.1, 0.15) is 24.0 Å². The summed E-state index contributed by atoms with van der Waals surface area (Å²) in [6.07, 6.45) is 2.06. The molecule has 1 aromatic carbocycles. The molecule has 0 spiro atoms. The van der Waals surface area contributed by atoms with Crippen LogP contribution in [-0.2, 0) is 32.5 Å². The predicted octanol–water partition coefficient (Wildman–Crippen LogP) is 0.398. The van der Waals surface area contributed by atoms with Crippen molar-refractivity contribution in [2.75, 3.05) is 13.2 Å². The van der Waals surface area contributed by atoms with Gasteiger partial charge in [-0.05, 0) is 42.5 Å². The van der Waals surface area contributed by atoms with E-state index in [9.17, 15) is 13.2 Å². The molecule has 0 saturated carbocycles. The number of hydrogen-bond acceptors (Lipinski definition) is 4. The fourth-order valence-electron chi connectivity index (χ4n) is 2.87. The number of carbonyl (C=O) groups is 1. The topological polar surface area (TPSA) is 89.7 Å². The summed E-state index contributed by atoms with van der Waals surface area (Å²) in [7, 11) is -3.72. The van der Waals surface area contributed by atoms with Crippen LogP contribution in [0.3, 0.4) is 0 Å². The largest absolute Gasteiger partial charge is 0.368 e. The normalized spacial score (nSPS) is 22.1. The lowest BCUT2D eigenvalue weighted by Crippen LogP contribution is -2.42. The van der Waals surface area contributed by atoms with Gasteiger partial charge in [-0.25, -0.2) is 13.6 Å². The Kier molecular flexibility index (Phi) is 3.73. The molecule has 1 aromatic rings. The van der Waals surface area contributed by atoms with Gasteiger partial charge in [-0.1, -0.05) is 6.07 Å². The molecule has 1 amide bonds. The number of nitrogens with zero attached hydrogens (tertiary/aromatic N) is 1. The first-order valence-corrected chi connectivity index (χ1v) is 8.55. The molecular formula is C14H18N2O4S. The Morgan fingerprint density at radius 3 is 2.81 bits per heavy atom. The molecule has 1 unspecified atom stereocenters. The van der Waals surface area contributed by atoms with Crippen LogP contribution in [0.25, 0.3) is 0 Å². The van der Waals surface area contributed by atoms with Gasteiger partial charge in [0.1, 0.15) is 6.10 Å². The standard InChI is InChI=1S/C14H18N2O4S/c15-21(18,19)12-4-3-10-5-6-16(9-11(10)8-12)14(17)13-2-1-7-20-13/h3-4,8,13H,1-2,5-7,9H2,(H2,15,18,19). The van der Waals surface area contributed by atoms with E-state index >= 15 is 0 Å². The Morgan fingerprint density at radius 2 is 2.14 bits per heavy atom. The summed E-state index contributed by atoms with van der Waals surface area (Å²) in [5, 5.41) is 5.16. The van der Waals surface area contributed by atoms with E-state index in [4.69, 9.17) is 9.88 Å². The Bertz CT molecular complexity index is 666. The van der Waals surface area contributed by atoms with Gasteiger partial charge in [0.05, 0.1) is 4.90 Å². The second kappa shape index (κ2) is 5.40. The van der Waals surface area contributed by atoms with E-state index in [1.807, 2.05) is 0 Å². The van der Waals surface area contributed by atoms with Gasteiger partial charge >= 0.3 is 0 Å². The van der Waals surface area contributed by atoms with Gasteiger partial charge in [-0.3, -0.25) is 4.79 Å². The number of amides is 1. The van der Waals surface area contributed by atoms with Gasteiger partial charge < -0.3 is 9.64 Å². The third-order valence-corrected chi connectivity index (χ3v) is 4.95. The molecule has 0 aromatic heterocycles. The molecule has 7 heteroatoms. The number of benzene rings is 1. The molecule has 1 atom stereocenters. The van der Waals surface area contributed by atoms with E-state index in [-0.39, 0.29) is 16.9 Å². The van der Waals surface area contributed by atoms with Crippen molar-refractivity contribution in [3.8, 4) is 0 Å². The maximum Gasteiger partial charge on any atom is 0.252 e. The van der Waals surface area contributed by atoms with Crippen molar-refractivity contribution in [3.05, 3.63) is 29.3 Å². The fourth-order valence-corrected chi connectivity index (χ4v) is 3.44. The molecule has 1 saturated heterocycles. The van der Waals surface area contributed by atoms with Crippen molar-refractivity contribution in [1.82, 2.24) is 4.90 Å². The number of nitrogens with two attached hydrogens (primary N) is 1. The summed E-state index contributed by atoms with van der Waals surface area (Å²) in [6, 6.07) is 4.87. The molecule has 2 aliphatic rings. The maximum absolute atomic E-state index is 12.3. The zero-order valence-corrected chi connectivity index (χ0v) is 12.4. The molecule has 3 rings (SSSR count).